The van der Waals surface area contributed by atoms with Gasteiger partial charge < -0.3 is 5.11 Å². The molecule has 0 aliphatic heterocycles. The highest BCUT2D eigenvalue weighted by Gasteiger charge is 2.18. The number of hydrogen-bond donors (Lipinski definition) is 1. The Balaban J connectivity index is 2.31. The predicted octanol–water partition coefficient (Wildman–Crippen LogP) is 4.35. The van der Waals surface area contributed by atoms with Crippen LogP contribution in [0, 0.1) is 18.6 Å². The average molecular weight is 341 g/mol. The minimum Gasteiger partial charge on any atom is -0.396 e. The zero-order valence-electron chi connectivity index (χ0n) is 11.0. The molecule has 0 saturated carbocycles. The first kappa shape index (κ1) is 15.1. The van der Waals surface area contributed by atoms with Crippen LogP contribution in [0.3, 0.4) is 0 Å². The maximum Gasteiger partial charge on any atom is 0.143 e. The normalized spacial score (nSPS) is 12.4. The van der Waals surface area contributed by atoms with Crippen LogP contribution in [-0.4, -0.2) is 11.7 Å². The Hall–Kier alpha value is -1.26. The Morgan fingerprint density at radius 2 is 1.75 bits per heavy atom. The molecule has 0 radical (unpaired) electrons. The Morgan fingerprint density at radius 1 is 1.10 bits per heavy atom. The smallest absolute Gasteiger partial charge is 0.143 e. The van der Waals surface area contributed by atoms with E-state index < -0.39 is 11.6 Å². The molecule has 0 bridgehead atoms. The molecule has 2 rings (SSSR count). The zero-order chi connectivity index (χ0) is 14.7. The quantitative estimate of drug-likeness (QED) is 0.820. The molecule has 1 unspecified atom stereocenters. The molecule has 1 N–H and O–H groups in total. The van der Waals surface area contributed by atoms with Crippen LogP contribution in [0.15, 0.2) is 40.9 Å². The third kappa shape index (κ3) is 3.25. The van der Waals surface area contributed by atoms with Crippen molar-refractivity contribution >= 4 is 15.9 Å². The summed E-state index contributed by atoms with van der Waals surface area (Å²) in [5, 5.41) is 9.50. The number of aliphatic hydroxyl groups excluding tert-OH is 1. The summed E-state index contributed by atoms with van der Waals surface area (Å²) in [6.07, 6.45) is 0.122. The van der Waals surface area contributed by atoms with E-state index in [2.05, 4.69) is 15.9 Å². The molecule has 1 atom stereocenters. The number of halogens is 3. The largest absolute Gasteiger partial charge is 0.396 e. The van der Waals surface area contributed by atoms with Crippen molar-refractivity contribution in [3.8, 4) is 0 Å². The van der Waals surface area contributed by atoms with E-state index in [1.807, 2.05) is 31.2 Å². The molecule has 0 fully saturated rings. The van der Waals surface area contributed by atoms with Crippen LogP contribution in [0.2, 0.25) is 0 Å². The maximum absolute atomic E-state index is 14.0. The van der Waals surface area contributed by atoms with Crippen LogP contribution in [0.5, 0.6) is 0 Å². The highest BCUT2D eigenvalue weighted by atomic mass is 79.9. The number of aryl methyl sites for hydroxylation is 1. The molecule has 20 heavy (non-hydrogen) atoms. The summed E-state index contributed by atoms with van der Waals surface area (Å²) in [5.74, 6) is -1.51. The minimum atomic E-state index is -0.601. The monoisotopic (exact) mass is 340 g/mol. The van der Waals surface area contributed by atoms with Crippen molar-refractivity contribution in [2.24, 2.45) is 0 Å². The van der Waals surface area contributed by atoms with Crippen molar-refractivity contribution in [3.63, 3.8) is 0 Å². The molecule has 0 spiro atoms. The molecule has 4 heteroatoms. The van der Waals surface area contributed by atoms with E-state index in [-0.39, 0.29) is 29.0 Å². The van der Waals surface area contributed by atoms with Crippen LogP contribution in [0.1, 0.15) is 22.6 Å². The van der Waals surface area contributed by atoms with Gasteiger partial charge in [-0.15, -0.1) is 0 Å². The summed E-state index contributed by atoms with van der Waals surface area (Å²) >= 11 is 3.05. The lowest BCUT2D eigenvalue weighted by molar-refractivity contribution is 0.263. The van der Waals surface area contributed by atoms with Crippen LogP contribution in [0.4, 0.5) is 8.78 Å². The topological polar surface area (TPSA) is 20.2 Å². The lowest BCUT2D eigenvalue weighted by atomic mass is 9.91. The van der Waals surface area contributed by atoms with Crippen molar-refractivity contribution in [1.29, 1.82) is 0 Å². The Morgan fingerprint density at radius 3 is 2.35 bits per heavy atom. The molecule has 2 aromatic carbocycles. The molecule has 1 nitrogen and oxygen atoms in total. The van der Waals surface area contributed by atoms with Gasteiger partial charge in [0.2, 0.25) is 0 Å². The van der Waals surface area contributed by atoms with Gasteiger partial charge >= 0.3 is 0 Å². The number of aliphatic hydroxyl groups is 1. The van der Waals surface area contributed by atoms with Crippen LogP contribution >= 0.6 is 15.9 Å². The third-order valence-corrected chi connectivity index (χ3v) is 3.97. The number of rotatable bonds is 4. The van der Waals surface area contributed by atoms with Crippen molar-refractivity contribution in [3.05, 3.63) is 69.2 Å². The fourth-order valence-electron chi connectivity index (χ4n) is 2.13. The van der Waals surface area contributed by atoms with Gasteiger partial charge in [-0.2, -0.15) is 0 Å². The molecular formula is C16H15BrF2O. The van der Waals surface area contributed by atoms with E-state index in [0.29, 0.717) is 0 Å². The Kier molecular flexibility index (Phi) is 4.89. The molecule has 0 aliphatic carbocycles. The fraction of sp³-hybridized carbons (Fsp3) is 0.250. The summed E-state index contributed by atoms with van der Waals surface area (Å²) in [6, 6.07) is 10.2. The fourth-order valence-corrected chi connectivity index (χ4v) is 2.50. The molecular weight excluding hydrogens is 326 g/mol. The van der Waals surface area contributed by atoms with Crippen LogP contribution < -0.4 is 0 Å². The van der Waals surface area contributed by atoms with E-state index in [9.17, 15) is 13.9 Å². The van der Waals surface area contributed by atoms with E-state index in [1.54, 1.807) is 0 Å². The van der Waals surface area contributed by atoms with Crippen molar-refractivity contribution in [2.75, 3.05) is 6.61 Å². The van der Waals surface area contributed by atoms with E-state index in [1.165, 1.54) is 12.1 Å². The van der Waals surface area contributed by atoms with Gasteiger partial charge in [-0.25, -0.2) is 8.78 Å². The van der Waals surface area contributed by atoms with Gasteiger partial charge in [0, 0.05) is 11.5 Å². The first-order valence-corrected chi connectivity index (χ1v) is 7.12. The second-order valence-corrected chi connectivity index (χ2v) is 5.67. The summed E-state index contributed by atoms with van der Waals surface area (Å²) in [6.45, 7) is 1.81. The lowest BCUT2D eigenvalue weighted by Gasteiger charge is -2.16. The summed E-state index contributed by atoms with van der Waals surface area (Å²) in [7, 11) is 0. The van der Waals surface area contributed by atoms with Crippen molar-refractivity contribution in [2.45, 2.75) is 19.3 Å². The molecule has 0 amide bonds. The van der Waals surface area contributed by atoms with Gasteiger partial charge in [0.05, 0.1) is 11.1 Å². The average Bonchev–Trinajstić information content (AvgIpc) is 2.45. The highest BCUT2D eigenvalue weighted by Crippen LogP contribution is 2.27. The number of hydrogen-bond acceptors (Lipinski definition) is 1. The maximum atomic E-state index is 14.0. The van der Waals surface area contributed by atoms with Gasteiger partial charge in [0.25, 0.3) is 0 Å². The van der Waals surface area contributed by atoms with Crippen LogP contribution in [-0.2, 0) is 6.42 Å². The molecule has 0 aliphatic rings. The van der Waals surface area contributed by atoms with Crippen molar-refractivity contribution < 1.29 is 13.9 Å². The predicted molar refractivity (Wildman–Crippen MR) is 78.8 cm³/mol. The first-order valence-electron chi connectivity index (χ1n) is 6.32. The van der Waals surface area contributed by atoms with Gasteiger partial charge in [-0.05, 0) is 47.0 Å². The molecule has 106 valence electrons. The summed E-state index contributed by atoms with van der Waals surface area (Å²) in [5.41, 5.74) is 1.97. The highest BCUT2D eigenvalue weighted by molar-refractivity contribution is 9.10. The molecule has 2 aromatic rings. The van der Waals surface area contributed by atoms with Crippen molar-refractivity contribution in [1.82, 2.24) is 0 Å². The minimum absolute atomic E-state index is 0.000926. The third-order valence-electron chi connectivity index (χ3n) is 3.36. The van der Waals surface area contributed by atoms with E-state index in [0.717, 1.165) is 11.1 Å². The second-order valence-electron chi connectivity index (χ2n) is 4.82. The standard InChI is InChI=1S/C16H15BrF2O/c1-10-2-4-11(5-3-10)12(9-20)8-13-15(18)7-6-14(17)16(13)19/h2-7,12,20H,8-9H2,1H3. The van der Waals surface area contributed by atoms with Gasteiger partial charge in [-0.3, -0.25) is 0 Å². The van der Waals surface area contributed by atoms with Crippen LogP contribution in [0.25, 0.3) is 0 Å². The van der Waals surface area contributed by atoms with Gasteiger partial charge in [-0.1, -0.05) is 29.8 Å². The summed E-state index contributed by atoms with van der Waals surface area (Å²) < 4.78 is 28.0. The van der Waals surface area contributed by atoms with Gasteiger partial charge in [0.15, 0.2) is 0 Å². The Labute approximate surface area is 125 Å². The Bertz CT molecular complexity index is 596. The molecule has 0 saturated heterocycles. The summed E-state index contributed by atoms with van der Waals surface area (Å²) in [4.78, 5) is 0. The van der Waals surface area contributed by atoms with E-state index in [4.69, 9.17) is 0 Å². The SMILES string of the molecule is Cc1ccc(C(CO)Cc2c(F)ccc(Br)c2F)cc1. The van der Waals surface area contributed by atoms with Gasteiger partial charge in [0.1, 0.15) is 11.6 Å². The zero-order valence-corrected chi connectivity index (χ0v) is 12.6. The molecule has 0 heterocycles. The number of benzene rings is 2. The molecule has 0 aromatic heterocycles. The first-order chi connectivity index (χ1) is 9.52. The van der Waals surface area contributed by atoms with E-state index >= 15 is 0 Å². The lowest BCUT2D eigenvalue weighted by Crippen LogP contribution is -2.10. The second kappa shape index (κ2) is 6.46.